The average molecular weight is 500 g/mol. The molecule has 0 bridgehead atoms. The van der Waals surface area contributed by atoms with E-state index in [0.717, 1.165) is 16.0 Å². The van der Waals surface area contributed by atoms with E-state index in [2.05, 4.69) is 4.98 Å². The van der Waals surface area contributed by atoms with Crippen LogP contribution in [0.3, 0.4) is 0 Å². The van der Waals surface area contributed by atoms with Gasteiger partial charge in [-0.05, 0) is 62.6 Å². The number of amides is 2. The smallest absolute Gasteiger partial charge is 0.326 e. The largest absolute Gasteiger partial charge is 0.480 e. The number of aliphatic carboxylic acids is 1. The van der Waals surface area contributed by atoms with Crippen molar-refractivity contribution in [1.82, 2.24) is 9.88 Å². The summed E-state index contributed by atoms with van der Waals surface area (Å²) in [7, 11) is 0. The Labute approximate surface area is 207 Å². The van der Waals surface area contributed by atoms with E-state index in [1.807, 2.05) is 44.2 Å². The summed E-state index contributed by atoms with van der Waals surface area (Å²) in [6, 6.07) is 13.2. The van der Waals surface area contributed by atoms with Crippen molar-refractivity contribution in [2.75, 3.05) is 0 Å². The van der Waals surface area contributed by atoms with Crippen LogP contribution in [0.25, 0.3) is 10.4 Å². The number of carboxylic acids is 1. The maximum atomic E-state index is 13.8. The Hall–Kier alpha value is -3.23. The number of halogens is 1. The van der Waals surface area contributed by atoms with Gasteiger partial charge in [-0.2, -0.15) is 0 Å². The number of carboxylic acid groups (broad SMARTS) is 1. The summed E-state index contributed by atoms with van der Waals surface area (Å²) in [5.41, 5.74) is 6.15. The van der Waals surface area contributed by atoms with E-state index in [-0.39, 0.29) is 12.8 Å². The van der Waals surface area contributed by atoms with E-state index in [1.165, 1.54) is 16.2 Å². The highest BCUT2D eigenvalue weighted by Gasteiger charge is 2.41. The second-order valence-corrected chi connectivity index (χ2v) is 10.1. The van der Waals surface area contributed by atoms with Crippen molar-refractivity contribution in [3.63, 3.8) is 0 Å². The number of carbonyl (C=O) groups is 3. The quantitative estimate of drug-likeness (QED) is 0.421. The lowest BCUT2D eigenvalue weighted by Crippen LogP contribution is -2.57. The number of nitrogens with zero attached hydrogens (tertiary/aromatic N) is 2. The van der Waals surface area contributed by atoms with Gasteiger partial charge in [-0.1, -0.05) is 29.8 Å². The van der Waals surface area contributed by atoms with Crippen LogP contribution in [0.1, 0.15) is 41.9 Å². The number of nitrogens with two attached hydrogens (primary N) is 1. The number of hydrogen-bond acceptors (Lipinski definition) is 5. The van der Waals surface area contributed by atoms with Gasteiger partial charge in [-0.15, -0.1) is 11.3 Å². The molecule has 178 valence electrons. The minimum atomic E-state index is -1.23. The van der Waals surface area contributed by atoms with Gasteiger partial charge in [0.2, 0.25) is 5.91 Å². The van der Waals surface area contributed by atoms with Crippen molar-refractivity contribution in [3.05, 3.63) is 76.4 Å². The SMILES string of the molecule is CC(C)(Cc1ccc(Cl)cc1)N(C(=O)c1ccc(-c2cccnc2)s1)[C@@H](CCC(N)=O)C(=O)O. The molecule has 1 aromatic carbocycles. The molecule has 0 unspecified atom stereocenters. The molecule has 0 aliphatic rings. The fraction of sp³-hybridized carbons (Fsp3) is 0.280. The molecule has 3 N–H and O–H groups in total. The first-order valence-electron chi connectivity index (χ1n) is 10.7. The van der Waals surface area contributed by atoms with Crippen LogP contribution in [0, 0.1) is 0 Å². The van der Waals surface area contributed by atoms with Crippen molar-refractivity contribution in [3.8, 4) is 10.4 Å². The van der Waals surface area contributed by atoms with Gasteiger partial charge in [0.05, 0.1) is 4.88 Å². The third-order valence-electron chi connectivity index (χ3n) is 5.44. The van der Waals surface area contributed by atoms with Gasteiger partial charge >= 0.3 is 5.97 Å². The zero-order valence-corrected chi connectivity index (χ0v) is 20.5. The number of pyridine rings is 1. The minimum absolute atomic E-state index is 0.0821. The summed E-state index contributed by atoms with van der Waals surface area (Å²) >= 11 is 7.27. The number of primary amides is 1. The molecule has 0 radical (unpaired) electrons. The summed E-state index contributed by atoms with van der Waals surface area (Å²) in [4.78, 5) is 44.2. The first-order chi connectivity index (χ1) is 16.1. The number of rotatable bonds is 10. The Kier molecular flexibility index (Phi) is 8.06. The van der Waals surface area contributed by atoms with E-state index in [0.29, 0.717) is 16.3 Å². The van der Waals surface area contributed by atoms with Crippen molar-refractivity contribution in [1.29, 1.82) is 0 Å². The van der Waals surface area contributed by atoms with Crippen LogP contribution < -0.4 is 5.73 Å². The van der Waals surface area contributed by atoms with Crippen LogP contribution in [0.5, 0.6) is 0 Å². The predicted molar refractivity (Wildman–Crippen MR) is 133 cm³/mol. The summed E-state index contributed by atoms with van der Waals surface area (Å²) in [6.45, 7) is 3.63. The second kappa shape index (κ2) is 10.8. The molecule has 0 saturated carbocycles. The number of thiophene rings is 1. The topological polar surface area (TPSA) is 114 Å². The molecule has 3 rings (SSSR count). The third-order valence-corrected chi connectivity index (χ3v) is 6.82. The number of aromatic nitrogens is 1. The normalized spacial score (nSPS) is 12.2. The predicted octanol–water partition coefficient (Wildman–Crippen LogP) is 4.65. The van der Waals surface area contributed by atoms with Crippen LogP contribution in [0.4, 0.5) is 0 Å². The third kappa shape index (κ3) is 6.21. The highest BCUT2D eigenvalue weighted by Crippen LogP contribution is 2.33. The maximum Gasteiger partial charge on any atom is 0.326 e. The van der Waals surface area contributed by atoms with Crippen molar-refractivity contribution in [2.24, 2.45) is 5.73 Å². The number of benzene rings is 1. The highest BCUT2D eigenvalue weighted by atomic mass is 35.5. The molecule has 0 aliphatic carbocycles. The van der Waals surface area contributed by atoms with E-state index in [4.69, 9.17) is 17.3 Å². The van der Waals surface area contributed by atoms with Crippen LogP contribution in [-0.4, -0.2) is 44.4 Å². The fourth-order valence-electron chi connectivity index (χ4n) is 3.90. The zero-order valence-electron chi connectivity index (χ0n) is 18.9. The van der Waals surface area contributed by atoms with Gasteiger partial charge in [0.25, 0.3) is 5.91 Å². The summed E-state index contributed by atoms with van der Waals surface area (Å²) in [5, 5.41) is 10.6. The van der Waals surface area contributed by atoms with Crippen molar-refractivity contribution >= 4 is 40.7 Å². The zero-order chi connectivity index (χ0) is 24.9. The Bertz CT molecular complexity index is 1160. The molecule has 2 aromatic heterocycles. The highest BCUT2D eigenvalue weighted by molar-refractivity contribution is 7.17. The molecule has 7 nitrogen and oxygen atoms in total. The molecule has 34 heavy (non-hydrogen) atoms. The lowest BCUT2D eigenvalue weighted by Gasteiger charge is -2.42. The molecule has 0 fully saturated rings. The van der Waals surface area contributed by atoms with Gasteiger partial charge in [-0.3, -0.25) is 14.6 Å². The fourth-order valence-corrected chi connectivity index (χ4v) is 4.96. The van der Waals surface area contributed by atoms with Crippen molar-refractivity contribution < 1.29 is 19.5 Å². The number of carbonyl (C=O) groups excluding carboxylic acids is 2. The second-order valence-electron chi connectivity index (χ2n) is 8.56. The summed E-state index contributed by atoms with van der Waals surface area (Å²) in [5.74, 6) is -2.23. The summed E-state index contributed by atoms with van der Waals surface area (Å²) in [6.07, 6.45) is 3.52. The molecule has 9 heteroatoms. The molecule has 0 saturated heterocycles. The first-order valence-corrected chi connectivity index (χ1v) is 11.9. The minimum Gasteiger partial charge on any atom is -0.480 e. The first kappa shape index (κ1) is 25.4. The van der Waals surface area contributed by atoms with Gasteiger partial charge in [-0.25, -0.2) is 4.79 Å². The van der Waals surface area contributed by atoms with E-state index >= 15 is 0 Å². The van der Waals surface area contributed by atoms with E-state index in [1.54, 1.807) is 30.6 Å². The van der Waals surface area contributed by atoms with Gasteiger partial charge in [0.1, 0.15) is 6.04 Å². The Balaban J connectivity index is 2.00. The van der Waals surface area contributed by atoms with Gasteiger partial charge in [0.15, 0.2) is 0 Å². The standard InChI is InChI=1S/C25H26ClN3O4S/c1-25(2,14-16-5-7-18(26)8-6-16)29(19(24(32)33)9-12-22(27)30)23(31)21-11-10-20(34-21)17-4-3-13-28-15-17/h3-8,10-11,13,15,19H,9,12,14H2,1-2H3,(H2,27,30)(H,32,33)/t19-/m0/s1. The monoisotopic (exact) mass is 499 g/mol. The molecule has 0 aliphatic heterocycles. The lowest BCUT2D eigenvalue weighted by atomic mass is 9.90. The van der Waals surface area contributed by atoms with Crippen LogP contribution in [-0.2, 0) is 16.0 Å². The summed E-state index contributed by atoms with van der Waals surface area (Å²) < 4.78 is 0. The molecule has 2 amide bonds. The Morgan fingerprint density at radius 2 is 1.85 bits per heavy atom. The van der Waals surface area contributed by atoms with E-state index < -0.39 is 29.4 Å². The molecule has 2 heterocycles. The van der Waals surface area contributed by atoms with E-state index in [9.17, 15) is 19.5 Å². The maximum absolute atomic E-state index is 13.8. The van der Waals surface area contributed by atoms with Crippen LogP contribution >= 0.6 is 22.9 Å². The molecular weight excluding hydrogens is 474 g/mol. The van der Waals surface area contributed by atoms with Gasteiger partial charge in [0, 0.05) is 39.8 Å². The molecule has 1 atom stereocenters. The Morgan fingerprint density at radius 1 is 1.15 bits per heavy atom. The average Bonchev–Trinajstić information content (AvgIpc) is 3.28. The van der Waals surface area contributed by atoms with Gasteiger partial charge < -0.3 is 15.7 Å². The van der Waals surface area contributed by atoms with Crippen LogP contribution in [0.2, 0.25) is 5.02 Å². The molecule has 3 aromatic rings. The van der Waals surface area contributed by atoms with Crippen molar-refractivity contribution in [2.45, 2.75) is 44.7 Å². The number of hydrogen-bond donors (Lipinski definition) is 2. The lowest BCUT2D eigenvalue weighted by molar-refractivity contribution is -0.144. The Morgan fingerprint density at radius 3 is 2.44 bits per heavy atom. The molecule has 0 spiro atoms. The molecular formula is C25H26ClN3O4S. The van der Waals surface area contributed by atoms with Crippen LogP contribution in [0.15, 0.2) is 60.9 Å².